The van der Waals surface area contributed by atoms with Crippen LogP contribution in [-0.4, -0.2) is 56.7 Å². The molecule has 3 atom stereocenters. The van der Waals surface area contributed by atoms with Crippen molar-refractivity contribution in [2.45, 2.75) is 63.2 Å². The van der Waals surface area contributed by atoms with Crippen LogP contribution in [0.1, 0.15) is 36.1 Å². The lowest BCUT2D eigenvalue weighted by Crippen LogP contribution is -2.59. The average molecular weight is 654 g/mol. The molecule has 0 spiro atoms. The Hall–Kier alpha value is -3.34. The first-order valence-corrected chi connectivity index (χ1v) is 15.6. The summed E-state index contributed by atoms with van der Waals surface area (Å²) in [5.41, 5.74) is 3.81. The average Bonchev–Trinajstić information content (AvgIpc) is 3.30. The lowest BCUT2D eigenvalue weighted by Gasteiger charge is -2.33. The zero-order valence-corrected chi connectivity index (χ0v) is 26.4. The van der Waals surface area contributed by atoms with Crippen molar-refractivity contribution in [1.29, 1.82) is 0 Å². The zero-order chi connectivity index (χ0) is 30.3. The number of nitrogens with one attached hydrogen (secondary N) is 3. The highest BCUT2D eigenvalue weighted by molar-refractivity contribution is 9.10. The van der Waals surface area contributed by atoms with Crippen LogP contribution < -0.4 is 16.0 Å². The van der Waals surface area contributed by atoms with Gasteiger partial charge in [0.25, 0.3) is 5.91 Å². The molecule has 0 aliphatic carbocycles. The van der Waals surface area contributed by atoms with E-state index in [0.717, 1.165) is 26.7 Å². The van der Waals surface area contributed by atoms with Crippen LogP contribution in [0.2, 0.25) is 0 Å². The first kappa shape index (κ1) is 31.6. The molecule has 42 heavy (non-hydrogen) atoms. The van der Waals surface area contributed by atoms with Gasteiger partial charge < -0.3 is 26.0 Å². The maximum atomic E-state index is 13.8. The minimum Gasteiger partial charge on any atom is -0.381 e. The van der Waals surface area contributed by atoms with Gasteiger partial charge >= 0.3 is 6.03 Å². The Morgan fingerprint density at radius 3 is 2.31 bits per heavy atom. The van der Waals surface area contributed by atoms with Gasteiger partial charge in [-0.15, -0.1) is 11.8 Å². The molecule has 0 radical (unpaired) electrons. The molecular formula is C32H37BrN4O4S. The number of hydrogen-bond donors (Lipinski definition) is 4. The molecule has 4 amide bonds. The number of nitrogens with zero attached hydrogens (tertiary/aromatic N) is 1. The number of urea groups is 1. The molecule has 222 valence electrons. The summed E-state index contributed by atoms with van der Waals surface area (Å²) in [5.74, 6) is -0.633. The third-order valence-corrected chi connectivity index (χ3v) is 9.31. The van der Waals surface area contributed by atoms with E-state index >= 15 is 0 Å². The van der Waals surface area contributed by atoms with E-state index in [1.54, 1.807) is 0 Å². The van der Waals surface area contributed by atoms with Crippen LogP contribution >= 0.6 is 27.7 Å². The molecule has 4 rings (SSSR count). The second-order valence-corrected chi connectivity index (χ2v) is 13.4. The topological polar surface area (TPSA) is 111 Å². The minimum atomic E-state index is -1.56. The predicted octanol–water partition coefficient (Wildman–Crippen LogP) is 4.53. The maximum absolute atomic E-state index is 13.8. The SMILES string of the molecule is Cc1ccccc1CNC(=O)[C@H]1N(C(=O)C(O)C(Cc2ccccc2)NC(=O)NCc2ccc(Br)cc2)CSC1(C)C. The standard InChI is InChI=1S/C32H37BrN4O4S/c1-21-9-7-8-12-24(21)19-34-29(39)28-32(2,3)42-20-37(28)30(40)27(38)26(17-22-10-5-4-6-11-22)36-31(41)35-18-23-13-15-25(33)16-14-23/h4-16,26-28,38H,17-20H2,1-3H3,(H,34,39)(H2,35,36,41)/t26?,27?,28-/m1/s1. The summed E-state index contributed by atoms with van der Waals surface area (Å²) >= 11 is 4.88. The number of carbonyl (C=O) groups excluding carboxylic acids is 3. The number of amides is 4. The quantitative estimate of drug-likeness (QED) is 0.257. The van der Waals surface area contributed by atoms with Crippen LogP contribution in [0.15, 0.2) is 83.3 Å². The number of aliphatic hydroxyl groups excluding tert-OH is 1. The van der Waals surface area contributed by atoms with Gasteiger partial charge in [-0.3, -0.25) is 9.59 Å². The Morgan fingerprint density at radius 2 is 1.62 bits per heavy atom. The van der Waals surface area contributed by atoms with Gasteiger partial charge in [-0.2, -0.15) is 0 Å². The molecule has 0 bridgehead atoms. The van der Waals surface area contributed by atoms with Gasteiger partial charge in [0.15, 0.2) is 6.10 Å². The highest BCUT2D eigenvalue weighted by Crippen LogP contribution is 2.40. The fourth-order valence-electron chi connectivity index (χ4n) is 4.96. The fourth-order valence-corrected chi connectivity index (χ4v) is 6.36. The molecule has 1 saturated heterocycles. The van der Waals surface area contributed by atoms with Crippen LogP contribution in [-0.2, 0) is 29.1 Å². The first-order chi connectivity index (χ1) is 20.0. The number of thioether (sulfide) groups is 1. The van der Waals surface area contributed by atoms with E-state index in [4.69, 9.17) is 0 Å². The van der Waals surface area contributed by atoms with Gasteiger partial charge in [0, 0.05) is 22.3 Å². The summed E-state index contributed by atoms with van der Waals surface area (Å²) in [6.07, 6.45) is -1.33. The van der Waals surface area contributed by atoms with E-state index in [1.807, 2.05) is 99.6 Å². The van der Waals surface area contributed by atoms with Crippen LogP contribution in [0.25, 0.3) is 0 Å². The van der Waals surface area contributed by atoms with Crippen molar-refractivity contribution < 1.29 is 19.5 Å². The molecule has 1 fully saturated rings. The highest BCUT2D eigenvalue weighted by Gasteiger charge is 2.49. The molecule has 1 aliphatic rings. The number of aryl methyl sites for hydroxylation is 1. The van der Waals surface area contributed by atoms with Gasteiger partial charge in [0.2, 0.25) is 5.91 Å². The van der Waals surface area contributed by atoms with E-state index in [9.17, 15) is 19.5 Å². The van der Waals surface area contributed by atoms with Crippen molar-refractivity contribution in [3.63, 3.8) is 0 Å². The van der Waals surface area contributed by atoms with Crippen molar-refractivity contribution in [2.75, 3.05) is 5.88 Å². The molecule has 8 nitrogen and oxygen atoms in total. The third-order valence-electron chi connectivity index (χ3n) is 7.41. The Labute approximate surface area is 259 Å². The van der Waals surface area contributed by atoms with E-state index in [2.05, 4.69) is 31.9 Å². The number of aliphatic hydroxyl groups is 1. The predicted molar refractivity (Wildman–Crippen MR) is 170 cm³/mol. The molecule has 1 heterocycles. The van der Waals surface area contributed by atoms with Crippen LogP contribution in [0.5, 0.6) is 0 Å². The normalized spacial score (nSPS) is 17.3. The molecule has 3 aromatic carbocycles. The molecule has 10 heteroatoms. The second-order valence-electron chi connectivity index (χ2n) is 10.9. The first-order valence-electron chi connectivity index (χ1n) is 13.8. The van der Waals surface area contributed by atoms with Gasteiger partial charge in [-0.1, -0.05) is 82.7 Å². The summed E-state index contributed by atoms with van der Waals surface area (Å²) < 4.78 is 0.362. The van der Waals surface area contributed by atoms with Crippen LogP contribution in [0.4, 0.5) is 4.79 Å². The Balaban J connectivity index is 1.47. The molecule has 0 saturated carbocycles. The molecular weight excluding hydrogens is 616 g/mol. The van der Waals surface area contributed by atoms with Gasteiger partial charge in [-0.25, -0.2) is 4.79 Å². The number of hydrogen-bond acceptors (Lipinski definition) is 5. The van der Waals surface area contributed by atoms with Gasteiger partial charge in [0.05, 0.1) is 11.9 Å². The van der Waals surface area contributed by atoms with E-state index in [1.165, 1.54) is 16.7 Å². The largest absolute Gasteiger partial charge is 0.381 e. The van der Waals surface area contributed by atoms with Crippen molar-refractivity contribution in [3.05, 3.63) is 106 Å². The molecule has 1 aliphatic heterocycles. The van der Waals surface area contributed by atoms with Crippen LogP contribution in [0.3, 0.4) is 0 Å². The summed E-state index contributed by atoms with van der Waals surface area (Å²) in [6, 6.07) is 22.5. The number of benzene rings is 3. The fraction of sp³-hybridized carbons (Fsp3) is 0.344. The second kappa shape index (κ2) is 14.2. The van der Waals surface area contributed by atoms with E-state index in [-0.39, 0.29) is 24.7 Å². The zero-order valence-electron chi connectivity index (χ0n) is 24.0. The summed E-state index contributed by atoms with van der Waals surface area (Å²) in [4.78, 5) is 41.6. The number of carbonyl (C=O) groups is 3. The van der Waals surface area contributed by atoms with Gasteiger partial charge in [-0.05, 0) is 61.6 Å². The smallest absolute Gasteiger partial charge is 0.315 e. The number of halogens is 1. The molecule has 2 unspecified atom stereocenters. The molecule has 3 aromatic rings. The summed E-state index contributed by atoms with van der Waals surface area (Å²) in [5, 5.41) is 20.0. The highest BCUT2D eigenvalue weighted by atomic mass is 79.9. The molecule has 4 N–H and O–H groups in total. The van der Waals surface area contributed by atoms with Crippen molar-refractivity contribution in [2.24, 2.45) is 0 Å². The lowest BCUT2D eigenvalue weighted by atomic mass is 9.97. The van der Waals surface area contributed by atoms with Crippen LogP contribution in [0, 0.1) is 6.92 Å². The Morgan fingerprint density at radius 1 is 0.952 bits per heavy atom. The van der Waals surface area contributed by atoms with E-state index in [0.29, 0.717) is 6.54 Å². The molecule has 0 aromatic heterocycles. The Kier molecular flexibility index (Phi) is 10.7. The Bertz CT molecular complexity index is 1390. The monoisotopic (exact) mass is 652 g/mol. The van der Waals surface area contributed by atoms with Crippen molar-refractivity contribution >= 4 is 45.5 Å². The van der Waals surface area contributed by atoms with Gasteiger partial charge in [0.1, 0.15) is 6.04 Å². The minimum absolute atomic E-state index is 0.230. The maximum Gasteiger partial charge on any atom is 0.315 e. The lowest BCUT2D eigenvalue weighted by molar-refractivity contribution is -0.147. The van der Waals surface area contributed by atoms with Crippen molar-refractivity contribution in [3.8, 4) is 0 Å². The number of rotatable bonds is 10. The summed E-state index contributed by atoms with van der Waals surface area (Å²) in [6.45, 7) is 6.44. The summed E-state index contributed by atoms with van der Waals surface area (Å²) in [7, 11) is 0. The van der Waals surface area contributed by atoms with E-state index < -0.39 is 34.9 Å². The van der Waals surface area contributed by atoms with Crippen molar-refractivity contribution in [1.82, 2.24) is 20.9 Å². The third kappa shape index (κ3) is 8.14.